The van der Waals surface area contributed by atoms with Crippen LogP contribution >= 0.6 is 11.8 Å². The second-order valence-electron chi connectivity index (χ2n) is 6.02. The summed E-state index contributed by atoms with van der Waals surface area (Å²) in [4.78, 5) is 0. The Morgan fingerprint density at radius 3 is 2.80 bits per heavy atom. The van der Waals surface area contributed by atoms with Gasteiger partial charge in [0.05, 0.1) is 5.69 Å². The van der Waals surface area contributed by atoms with Gasteiger partial charge in [0.1, 0.15) is 5.76 Å². The highest BCUT2D eigenvalue weighted by Gasteiger charge is 2.45. The van der Waals surface area contributed by atoms with Crippen molar-refractivity contribution < 1.29 is 4.52 Å². The Balaban J connectivity index is 1.75. The number of rotatable bonds is 2. The molecule has 4 atom stereocenters. The summed E-state index contributed by atoms with van der Waals surface area (Å²) < 4.78 is 5.64. The van der Waals surface area contributed by atoms with E-state index in [1.165, 1.54) is 24.8 Å². The van der Waals surface area contributed by atoms with Gasteiger partial charge in [0, 0.05) is 22.5 Å². The average Bonchev–Trinajstić information content (AvgIpc) is 3.07. The fourth-order valence-corrected chi connectivity index (χ4v) is 5.68. The molecule has 0 amide bonds. The molecular formula is C17H19NOS. The van der Waals surface area contributed by atoms with E-state index in [9.17, 15) is 0 Å². The number of aromatic nitrogens is 1. The van der Waals surface area contributed by atoms with Crippen LogP contribution in [0.1, 0.15) is 48.1 Å². The van der Waals surface area contributed by atoms with Gasteiger partial charge in [-0.2, -0.15) is 11.8 Å². The number of hydrogen-bond acceptors (Lipinski definition) is 3. The highest BCUT2D eigenvalue weighted by Crippen LogP contribution is 2.56. The van der Waals surface area contributed by atoms with Crippen LogP contribution in [0.3, 0.4) is 0 Å². The smallest absolute Gasteiger partial charge is 0.141 e. The molecule has 2 nitrogen and oxygen atoms in total. The van der Waals surface area contributed by atoms with E-state index in [2.05, 4.69) is 53.3 Å². The lowest BCUT2D eigenvalue weighted by atomic mass is 9.80. The molecule has 1 aromatic heterocycles. The molecule has 0 radical (unpaired) electrons. The van der Waals surface area contributed by atoms with Crippen LogP contribution in [0.5, 0.6) is 0 Å². The molecule has 2 fully saturated rings. The predicted molar refractivity (Wildman–Crippen MR) is 82.2 cm³/mol. The van der Waals surface area contributed by atoms with Crippen molar-refractivity contribution in [3.63, 3.8) is 0 Å². The van der Waals surface area contributed by atoms with Crippen LogP contribution in [0, 0.1) is 6.92 Å². The molecule has 2 aromatic rings. The number of fused-ring (bicyclic) bond motifs is 2. The van der Waals surface area contributed by atoms with Crippen LogP contribution < -0.4 is 0 Å². The summed E-state index contributed by atoms with van der Waals surface area (Å²) in [5.41, 5.74) is 2.46. The highest BCUT2D eigenvalue weighted by molar-refractivity contribution is 8.00. The molecule has 2 bridgehead atoms. The van der Waals surface area contributed by atoms with Gasteiger partial charge in [-0.05, 0) is 37.7 Å². The van der Waals surface area contributed by atoms with E-state index >= 15 is 0 Å². The van der Waals surface area contributed by atoms with E-state index in [4.69, 9.17) is 4.52 Å². The Labute approximate surface area is 123 Å². The molecule has 0 spiro atoms. The van der Waals surface area contributed by atoms with Gasteiger partial charge in [-0.15, -0.1) is 0 Å². The highest BCUT2D eigenvalue weighted by atomic mass is 32.2. The molecule has 2 saturated heterocycles. The first-order valence-corrected chi connectivity index (χ1v) is 8.39. The minimum atomic E-state index is 0.488. The Morgan fingerprint density at radius 2 is 2.05 bits per heavy atom. The molecular weight excluding hydrogens is 266 g/mol. The third-order valence-electron chi connectivity index (χ3n) is 4.69. The van der Waals surface area contributed by atoms with Crippen molar-refractivity contribution in [1.82, 2.24) is 5.16 Å². The van der Waals surface area contributed by atoms with E-state index in [1.54, 1.807) is 0 Å². The number of benzene rings is 1. The summed E-state index contributed by atoms with van der Waals surface area (Å²) in [5.74, 6) is 2.17. The molecule has 0 aliphatic carbocycles. The minimum absolute atomic E-state index is 0.488. The Bertz CT molecular complexity index is 594. The lowest BCUT2D eigenvalue weighted by Crippen LogP contribution is -2.26. The summed E-state index contributed by atoms with van der Waals surface area (Å²) in [6, 6.07) is 13.1. The van der Waals surface area contributed by atoms with Crippen molar-refractivity contribution in [1.29, 1.82) is 0 Å². The maximum atomic E-state index is 5.64. The Kier molecular flexibility index (Phi) is 3.10. The van der Waals surface area contributed by atoms with Crippen molar-refractivity contribution in [3.05, 3.63) is 53.4 Å². The molecule has 1 aromatic carbocycles. The fourth-order valence-electron chi connectivity index (χ4n) is 3.83. The summed E-state index contributed by atoms with van der Waals surface area (Å²) >= 11 is 2.18. The molecule has 2 aliphatic heterocycles. The van der Waals surface area contributed by atoms with Gasteiger partial charge < -0.3 is 4.52 Å². The van der Waals surface area contributed by atoms with Gasteiger partial charge in [-0.25, -0.2) is 0 Å². The minimum Gasteiger partial charge on any atom is -0.361 e. The number of aryl methyl sites for hydroxylation is 1. The summed E-state index contributed by atoms with van der Waals surface area (Å²) in [5, 5.41) is 5.66. The molecule has 3 heterocycles. The molecule has 104 valence electrons. The quantitative estimate of drug-likeness (QED) is 0.811. The van der Waals surface area contributed by atoms with Crippen molar-refractivity contribution in [2.24, 2.45) is 0 Å². The molecule has 4 rings (SSSR count). The van der Waals surface area contributed by atoms with Crippen molar-refractivity contribution in [2.45, 2.75) is 48.5 Å². The van der Waals surface area contributed by atoms with E-state index in [1.807, 2.05) is 6.92 Å². The molecule has 0 N–H and O–H groups in total. The monoisotopic (exact) mass is 285 g/mol. The van der Waals surface area contributed by atoms with Gasteiger partial charge >= 0.3 is 0 Å². The molecule has 2 unspecified atom stereocenters. The average molecular weight is 285 g/mol. The van der Waals surface area contributed by atoms with E-state index in [0.717, 1.165) is 16.7 Å². The Morgan fingerprint density at radius 1 is 1.20 bits per heavy atom. The first-order chi connectivity index (χ1) is 9.81. The van der Waals surface area contributed by atoms with Crippen molar-refractivity contribution >= 4 is 11.8 Å². The summed E-state index contributed by atoms with van der Waals surface area (Å²) in [6.07, 6.45) is 3.96. The molecule has 2 aliphatic rings. The predicted octanol–water partition coefficient (Wildman–Crippen LogP) is 4.52. The molecule has 0 saturated carbocycles. The van der Waals surface area contributed by atoms with Gasteiger partial charge in [0.2, 0.25) is 0 Å². The van der Waals surface area contributed by atoms with Crippen LogP contribution in [0.2, 0.25) is 0 Å². The summed E-state index contributed by atoms with van der Waals surface area (Å²) in [7, 11) is 0. The lowest BCUT2D eigenvalue weighted by Gasteiger charge is -2.35. The first kappa shape index (κ1) is 12.5. The topological polar surface area (TPSA) is 26.0 Å². The van der Waals surface area contributed by atoms with Crippen molar-refractivity contribution in [2.75, 3.05) is 0 Å². The Hall–Kier alpha value is -1.22. The van der Waals surface area contributed by atoms with Gasteiger partial charge in [-0.3, -0.25) is 0 Å². The zero-order valence-corrected chi connectivity index (χ0v) is 12.5. The third kappa shape index (κ3) is 2.08. The maximum absolute atomic E-state index is 5.64. The second-order valence-corrected chi connectivity index (χ2v) is 7.57. The number of nitrogens with zero attached hydrogens (tertiary/aromatic N) is 1. The van der Waals surface area contributed by atoms with E-state index in [0.29, 0.717) is 17.1 Å². The van der Waals surface area contributed by atoms with Crippen LogP contribution in [0.4, 0.5) is 0 Å². The van der Waals surface area contributed by atoms with Gasteiger partial charge in [0.15, 0.2) is 0 Å². The van der Waals surface area contributed by atoms with Crippen LogP contribution in [0.15, 0.2) is 40.9 Å². The number of thioether (sulfide) groups is 1. The largest absolute Gasteiger partial charge is 0.361 e. The second kappa shape index (κ2) is 4.96. The number of hydrogen-bond donors (Lipinski definition) is 0. The first-order valence-electron chi connectivity index (χ1n) is 7.45. The normalized spacial score (nSPS) is 32.5. The van der Waals surface area contributed by atoms with Crippen molar-refractivity contribution in [3.8, 4) is 0 Å². The van der Waals surface area contributed by atoms with Gasteiger partial charge in [0.25, 0.3) is 0 Å². The zero-order chi connectivity index (χ0) is 13.5. The van der Waals surface area contributed by atoms with Crippen LogP contribution in [0.25, 0.3) is 0 Å². The SMILES string of the molecule is Cc1cc([C@@H]2C3CCC(C[C@H]2c2ccccc2)S3)on1. The third-order valence-corrected chi connectivity index (χ3v) is 6.39. The fraction of sp³-hybridized carbons (Fsp3) is 0.471. The summed E-state index contributed by atoms with van der Waals surface area (Å²) in [6.45, 7) is 2.01. The van der Waals surface area contributed by atoms with E-state index < -0.39 is 0 Å². The lowest BCUT2D eigenvalue weighted by molar-refractivity contribution is 0.331. The standard InChI is InChI=1S/C17H19NOS/c1-11-9-15(19-18-11)17-14(12-5-3-2-4-6-12)10-13-7-8-16(17)20-13/h2-6,9,13-14,16-17H,7-8,10H2,1H3/t13?,14-,16?,17+/m0/s1. The molecule has 3 heteroatoms. The molecule has 20 heavy (non-hydrogen) atoms. The van der Waals surface area contributed by atoms with Crippen LogP contribution in [-0.2, 0) is 0 Å². The van der Waals surface area contributed by atoms with E-state index in [-0.39, 0.29) is 0 Å². The van der Waals surface area contributed by atoms with Gasteiger partial charge in [-0.1, -0.05) is 35.5 Å². The maximum Gasteiger partial charge on any atom is 0.141 e. The zero-order valence-electron chi connectivity index (χ0n) is 11.7. The van der Waals surface area contributed by atoms with Crippen LogP contribution in [-0.4, -0.2) is 15.7 Å².